The van der Waals surface area contributed by atoms with E-state index >= 15 is 0 Å². The minimum Gasteiger partial charge on any atom is -0.462 e. The van der Waals surface area contributed by atoms with Crippen LogP contribution in [0.4, 0.5) is 0 Å². The first kappa shape index (κ1) is 16.0. The van der Waals surface area contributed by atoms with Gasteiger partial charge in [-0.3, -0.25) is 9.58 Å². The molecule has 0 aliphatic carbocycles. The second-order valence-corrected chi connectivity index (χ2v) is 5.74. The van der Waals surface area contributed by atoms with Gasteiger partial charge in [-0.25, -0.2) is 4.79 Å². The van der Waals surface area contributed by atoms with E-state index in [4.69, 9.17) is 10.5 Å². The Balaban J connectivity index is 2.18. The predicted molar refractivity (Wildman–Crippen MR) is 80.8 cm³/mol. The number of hydrogen-bond acceptors (Lipinski definition) is 5. The maximum Gasteiger partial charge on any atom is 0.341 e. The Morgan fingerprint density at radius 2 is 2.33 bits per heavy atom. The number of nitrogens with zero attached hydrogens (tertiary/aromatic N) is 3. The minimum absolute atomic E-state index is 0.296. The van der Waals surface area contributed by atoms with Gasteiger partial charge in [-0.05, 0) is 32.2 Å². The van der Waals surface area contributed by atoms with Crippen molar-refractivity contribution >= 4 is 5.97 Å². The monoisotopic (exact) mass is 294 g/mol. The Labute approximate surface area is 126 Å². The van der Waals surface area contributed by atoms with Crippen molar-refractivity contribution in [2.24, 2.45) is 18.7 Å². The zero-order chi connectivity index (χ0) is 15.4. The molecule has 2 heterocycles. The van der Waals surface area contributed by atoms with Gasteiger partial charge in [0.1, 0.15) is 5.56 Å². The van der Waals surface area contributed by atoms with Gasteiger partial charge in [0.15, 0.2) is 0 Å². The van der Waals surface area contributed by atoms with Crippen molar-refractivity contribution in [2.45, 2.75) is 39.3 Å². The van der Waals surface area contributed by atoms with Gasteiger partial charge in [0.2, 0.25) is 0 Å². The summed E-state index contributed by atoms with van der Waals surface area (Å²) in [6.45, 7) is 6.79. The van der Waals surface area contributed by atoms with Crippen LogP contribution >= 0.6 is 0 Å². The molecule has 2 rings (SSSR count). The third-order valence-corrected chi connectivity index (χ3v) is 4.38. The van der Waals surface area contributed by atoms with Gasteiger partial charge in [-0.15, -0.1) is 0 Å². The number of carbonyl (C=O) groups excluding carboxylic acids is 1. The van der Waals surface area contributed by atoms with Crippen molar-refractivity contribution in [1.82, 2.24) is 14.7 Å². The second kappa shape index (κ2) is 7.04. The average Bonchev–Trinajstić information content (AvgIpc) is 2.81. The van der Waals surface area contributed by atoms with E-state index in [1.807, 2.05) is 14.0 Å². The molecule has 0 spiro atoms. The van der Waals surface area contributed by atoms with Gasteiger partial charge >= 0.3 is 5.97 Å². The summed E-state index contributed by atoms with van der Waals surface area (Å²) in [5.74, 6) is 0.290. The molecule has 2 unspecified atom stereocenters. The smallest absolute Gasteiger partial charge is 0.341 e. The molecule has 1 saturated heterocycles. The fourth-order valence-electron chi connectivity index (χ4n) is 3.13. The van der Waals surface area contributed by atoms with Gasteiger partial charge in [0, 0.05) is 26.2 Å². The van der Waals surface area contributed by atoms with Gasteiger partial charge in [-0.1, -0.05) is 6.92 Å². The number of esters is 1. The highest BCUT2D eigenvalue weighted by Crippen LogP contribution is 2.25. The van der Waals surface area contributed by atoms with Gasteiger partial charge in [0.05, 0.1) is 18.5 Å². The molecule has 0 saturated carbocycles. The van der Waals surface area contributed by atoms with Crippen LogP contribution in [0.2, 0.25) is 0 Å². The number of carbonyl (C=O) groups is 1. The summed E-state index contributed by atoms with van der Waals surface area (Å²) in [7, 11) is 1.86. The van der Waals surface area contributed by atoms with Crippen LogP contribution in [0.1, 0.15) is 42.7 Å². The Hall–Kier alpha value is -1.40. The minimum atomic E-state index is -0.296. The largest absolute Gasteiger partial charge is 0.462 e. The number of piperidine rings is 1. The van der Waals surface area contributed by atoms with Gasteiger partial charge < -0.3 is 10.5 Å². The maximum absolute atomic E-state index is 12.0. The maximum atomic E-state index is 12.0. The molecular weight excluding hydrogens is 268 g/mol. The summed E-state index contributed by atoms with van der Waals surface area (Å²) in [5, 5.41) is 4.21. The third-order valence-electron chi connectivity index (χ3n) is 4.38. The molecule has 1 aliphatic heterocycles. The van der Waals surface area contributed by atoms with E-state index in [2.05, 4.69) is 16.9 Å². The predicted octanol–water partition coefficient (Wildman–Crippen LogP) is 1.16. The Kier molecular flexibility index (Phi) is 5.36. The lowest BCUT2D eigenvalue weighted by atomic mass is 9.90. The molecule has 0 bridgehead atoms. The molecule has 1 aromatic heterocycles. The first-order chi connectivity index (χ1) is 10.1. The fraction of sp³-hybridized carbons (Fsp3) is 0.733. The normalized spacial score (nSPS) is 23.2. The molecule has 0 radical (unpaired) electrons. The van der Waals surface area contributed by atoms with Crippen LogP contribution in [-0.4, -0.2) is 46.4 Å². The van der Waals surface area contributed by atoms with E-state index in [0.717, 1.165) is 12.2 Å². The standard InChI is InChI=1S/C15H26N4O2/c1-4-21-15(20)12-9-17-18(3)14(12)10-19-7-5-6-11(2)13(19)8-16/h9,11,13H,4-8,10,16H2,1-3H3. The third kappa shape index (κ3) is 3.44. The molecule has 1 fully saturated rings. The van der Waals surface area contributed by atoms with Crippen LogP contribution in [0.3, 0.4) is 0 Å². The Morgan fingerprint density at radius 1 is 1.57 bits per heavy atom. The van der Waals surface area contributed by atoms with Crippen molar-refractivity contribution in [1.29, 1.82) is 0 Å². The zero-order valence-corrected chi connectivity index (χ0v) is 13.2. The number of rotatable bonds is 5. The van der Waals surface area contributed by atoms with Crippen LogP contribution in [0.5, 0.6) is 0 Å². The first-order valence-electron chi connectivity index (χ1n) is 7.70. The molecule has 2 N–H and O–H groups in total. The van der Waals surface area contributed by atoms with E-state index in [1.54, 1.807) is 10.9 Å². The molecule has 118 valence electrons. The molecule has 21 heavy (non-hydrogen) atoms. The summed E-state index contributed by atoms with van der Waals surface area (Å²) in [4.78, 5) is 14.4. The molecular formula is C15H26N4O2. The second-order valence-electron chi connectivity index (χ2n) is 5.74. The highest BCUT2D eigenvalue weighted by atomic mass is 16.5. The van der Waals surface area contributed by atoms with E-state index < -0.39 is 0 Å². The molecule has 1 aliphatic rings. The van der Waals surface area contributed by atoms with Crippen molar-refractivity contribution < 1.29 is 9.53 Å². The molecule has 2 atom stereocenters. The van der Waals surface area contributed by atoms with Crippen molar-refractivity contribution in [3.8, 4) is 0 Å². The summed E-state index contributed by atoms with van der Waals surface area (Å²) >= 11 is 0. The van der Waals surface area contributed by atoms with E-state index in [0.29, 0.717) is 37.2 Å². The Bertz CT molecular complexity index is 486. The topological polar surface area (TPSA) is 73.4 Å². The lowest BCUT2D eigenvalue weighted by Gasteiger charge is -2.39. The molecule has 6 heteroatoms. The molecule has 0 aromatic carbocycles. The highest BCUT2D eigenvalue weighted by Gasteiger charge is 2.29. The summed E-state index contributed by atoms with van der Waals surface area (Å²) in [5.41, 5.74) is 7.41. The van der Waals surface area contributed by atoms with Crippen LogP contribution in [0, 0.1) is 5.92 Å². The average molecular weight is 294 g/mol. The van der Waals surface area contributed by atoms with Crippen molar-refractivity contribution in [2.75, 3.05) is 19.7 Å². The molecule has 1 aromatic rings. The van der Waals surface area contributed by atoms with E-state index in [9.17, 15) is 4.79 Å². The van der Waals surface area contributed by atoms with Crippen molar-refractivity contribution in [3.05, 3.63) is 17.5 Å². The molecule has 6 nitrogen and oxygen atoms in total. The Morgan fingerprint density at radius 3 is 3.00 bits per heavy atom. The molecule has 0 amide bonds. The first-order valence-corrected chi connectivity index (χ1v) is 7.70. The number of ether oxygens (including phenoxy) is 1. The lowest BCUT2D eigenvalue weighted by molar-refractivity contribution is 0.0519. The highest BCUT2D eigenvalue weighted by molar-refractivity contribution is 5.90. The lowest BCUT2D eigenvalue weighted by Crippen LogP contribution is -2.48. The number of aryl methyl sites for hydroxylation is 1. The van der Waals surface area contributed by atoms with Crippen molar-refractivity contribution in [3.63, 3.8) is 0 Å². The van der Waals surface area contributed by atoms with Crippen LogP contribution in [0.25, 0.3) is 0 Å². The van der Waals surface area contributed by atoms with Crippen LogP contribution in [0.15, 0.2) is 6.20 Å². The van der Waals surface area contributed by atoms with E-state index in [-0.39, 0.29) is 5.97 Å². The van der Waals surface area contributed by atoms with Gasteiger partial charge in [0.25, 0.3) is 0 Å². The quantitative estimate of drug-likeness (QED) is 0.825. The number of aromatic nitrogens is 2. The fourth-order valence-corrected chi connectivity index (χ4v) is 3.13. The van der Waals surface area contributed by atoms with Crippen LogP contribution < -0.4 is 5.73 Å². The summed E-state index contributed by atoms with van der Waals surface area (Å²) < 4.78 is 6.87. The summed E-state index contributed by atoms with van der Waals surface area (Å²) in [6.07, 6.45) is 3.98. The van der Waals surface area contributed by atoms with E-state index in [1.165, 1.54) is 12.8 Å². The number of nitrogens with two attached hydrogens (primary N) is 1. The van der Waals surface area contributed by atoms with Crippen LogP contribution in [-0.2, 0) is 18.3 Å². The number of likely N-dealkylation sites (tertiary alicyclic amines) is 1. The summed E-state index contributed by atoms with van der Waals surface area (Å²) in [6, 6.07) is 0.365. The number of hydrogen-bond donors (Lipinski definition) is 1. The zero-order valence-electron chi connectivity index (χ0n) is 13.2. The van der Waals surface area contributed by atoms with Gasteiger partial charge in [-0.2, -0.15) is 5.10 Å². The SMILES string of the molecule is CCOC(=O)c1cnn(C)c1CN1CCCC(C)C1CN.